The molecule has 1 aromatic carbocycles. The van der Waals surface area contributed by atoms with Crippen LogP contribution in [0.25, 0.3) is 0 Å². The molecule has 1 N–H and O–H groups in total. The minimum atomic E-state index is -4.88. The van der Waals surface area contributed by atoms with Crippen molar-refractivity contribution in [3.8, 4) is 0 Å². The predicted octanol–water partition coefficient (Wildman–Crippen LogP) is 5.78. The summed E-state index contributed by atoms with van der Waals surface area (Å²) in [6.07, 6.45) is -4.59. The maximum absolute atomic E-state index is 14.3. The molecule has 2 aromatic rings. The number of halogens is 6. The molecule has 36 heavy (non-hydrogen) atoms. The van der Waals surface area contributed by atoms with E-state index in [0.717, 1.165) is 34.6 Å². The summed E-state index contributed by atoms with van der Waals surface area (Å²) in [6, 6.07) is 1.73. The van der Waals surface area contributed by atoms with Crippen LogP contribution < -0.4 is 5.32 Å². The number of oxime groups is 1. The first-order valence-electron chi connectivity index (χ1n) is 11.2. The van der Waals surface area contributed by atoms with Crippen molar-refractivity contribution in [3.63, 3.8) is 0 Å². The molecule has 13 heteroatoms. The number of rotatable bonds is 4. The Hall–Kier alpha value is -2.08. The van der Waals surface area contributed by atoms with E-state index in [0.29, 0.717) is 43.6 Å². The van der Waals surface area contributed by atoms with Gasteiger partial charge in [-0.15, -0.1) is 11.3 Å². The van der Waals surface area contributed by atoms with Crippen LogP contribution >= 0.6 is 34.5 Å². The first-order chi connectivity index (χ1) is 17.0. The normalized spacial score (nSPS) is 23.6. The minimum Gasteiger partial charge on any atom is -0.381 e. The van der Waals surface area contributed by atoms with Gasteiger partial charge in [0.25, 0.3) is 11.5 Å². The Kier molecular flexibility index (Phi) is 6.63. The number of carbonyl (C=O) groups is 1. The van der Waals surface area contributed by atoms with Crippen LogP contribution in [0.2, 0.25) is 10.0 Å². The van der Waals surface area contributed by atoms with E-state index in [1.54, 1.807) is 4.90 Å². The molecule has 1 amide bonds. The van der Waals surface area contributed by atoms with Crippen LogP contribution in [0, 0.1) is 18.7 Å². The molecule has 0 spiro atoms. The first-order valence-corrected chi connectivity index (χ1v) is 12.8. The molecular weight excluding hydrogens is 545 g/mol. The molecule has 1 saturated heterocycles. The molecule has 2 atom stereocenters. The van der Waals surface area contributed by atoms with Crippen molar-refractivity contribution in [2.45, 2.75) is 44.6 Å². The van der Waals surface area contributed by atoms with Crippen LogP contribution in [0.3, 0.4) is 0 Å². The highest BCUT2D eigenvalue weighted by Gasteiger charge is 2.63. The van der Waals surface area contributed by atoms with E-state index < -0.39 is 39.6 Å². The molecule has 194 valence electrons. The predicted molar refractivity (Wildman–Crippen MR) is 127 cm³/mol. The van der Waals surface area contributed by atoms with Crippen LogP contribution in [-0.4, -0.2) is 42.6 Å². The largest absolute Gasteiger partial charge is 0.435 e. The zero-order chi connectivity index (χ0) is 25.8. The average Bonchev–Trinajstić information content (AvgIpc) is 3.60. The molecule has 4 heterocycles. The topological polar surface area (TPSA) is 63.2 Å². The fraction of sp³-hybridized carbons (Fsp3) is 0.478. The molecule has 3 aliphatic rings. The lowest BCUT2D eigenvalue weighted by molar-refractivity contribution is -0.275. The summed E-state index contributed by atoms with van der Waals surface area (Å²) in [4.78, 5) is 20.9. The zero-order valence-corrected chi connectivity index (χ0v) is 21.3. The van der Waals surface area contributed by atoms with Gasteiger partial charge in [-0.2, -0.15) is 13.2 Å². The third kappa shape index (κ3) is 4.33. The number of thiophene rings is 1. The third-order valence-electron chi connectivity index (χ3n) is 6.81. The highest BCUT2D eigenvalue weighted by Crippen LogP contribution is 2.50. The number of ether oxygens (including phenoxy) is 1. The summed E-state index contributed by atoms with van der Waals surface area (Å²) in [6.45, 7) is 4.30. The lowest BCUT2D eigenvalue weighted by Gasteiger charge is -2.30. The van der Waals surface area contributed by atoms with Crippen molar-refractivity contribution >= 4 is 46.3 Å². The standard InChI is InChI=1S/C23H21Cl2F4N3O3S/c1-11-14-8-32(9-17(14)36-20(11)21(33)30-7-12-2-3-34-10-12)18-6-22(35-31-18,23(27,28)29)13-4-15(24)19(26)16(25)5-13/h4-5,12H,2-3,6-10H2,1H3,(H,30,33). The fourth-order valence-corrected chi connectivity index (χ4v) is 6.41. The second-order valence-electron chi connectivity index (χ2n) is 9.11. The summed E-state index contributed by atoms with van der Waals surface area (Å²) in [5.74, 6) is -0.766. The molecular formula is C23H21Cl2F4N3O3S. The highest BCUT2D eigenvalue weighted by atomic mass is 35.5. The van der Waals surface area contributed by atoms with Crippen molar-refractivity contribution in [1.29, 1.82) is 0 Å². The Morgan fingerprint density at radius 2 is 2.03 bits per heavy atom. The Labute approximate surface area is 218 Å². The third-order valence-corrected chi connectivity index (χ3v) is 8.67. The Bertz CT molecular complexity index is 1220. The number of amides is 1. The van der Waals surface area contributed by atoms with E-state index in [2.05, 4.69) is 10.5 Å². The monoisotopic (exact) mass is 565 g/mol. The van der Waals surface area contributed by atoms with Crippen molar-refractivity contribution < 1.29 is 31.9 Å². The van der Waals surface area contributed by atoms with Crippen molar-refractivity contribution in [1.82, 2.24) is 10.2 Å². The lowest BCUT2D eigenvalue weighted by atomic mass is 9.89. The highest BCUT2D eigenvalue weighted by molar-refractivity contribution is 7.14. The molecule has 5 rings (SSSR count). The van der Waals surface area contributed by atoms with Gasteiger partial charge in [0, 0.05) is 36.1 Å². The molecule has 1 fully saturated rings. The summed E-state index contributed by atoms with van der Waals surface area (Å²) in [7, 11) is 0. The van der Waals surface area contributed by atoms with Crippen molar-refractivity contribution in [2.75, 3.05) is 19.8 Å². The van der Waals surface area contributed by atoms with Crippen LogP contribution in [0.1, 0.15) is 44.1 Å². The van der Waals surface area contributed by atoms with Crippen molar-refractivity contribution in [2.24, 2.45) is 11.1 Å². The van der Waals surface area contributed by atoms with Gasteiger partial charge >= 0.3 is 6.18 Å². The van der Waals surface area contributed by atoms with Crippen LogP contribution in [0.5, 0.6) is 0 Å². The summed E-state index contributed by atoms with van der Waals surface area (Å²) < 4.78 is 62.0. The van der Waals surface area contributed by atoms with E-state index in [9.17, 15) is 22.4 Å². The van der Waals surface area contributed by atoms with Crippen LogP contribution in [-0.2, 0) is 28.3 Å². The fourth-order valence-electron chi connectivity index (χ4n) is 4.67. The SMILES string of the molecule is Cc1c(C(=O)NCC2CCOC2)sc2c1CN(C1=NOC(c3cc(Cl)c(F)c(Cl)c3)(C(F)(F)F)C1)C2. The number of amidine groups is 1. The average molecular weight is 566 g/mol. The van der Waals surface area contributed by atoms with Gasteiger partial charge in [0.15, 0.2) is 5.82 Å². The molecule has 6 nitrogen and oxygen atoms in total. The lowest BCUT2D eigenvalue weighted by Crippen LogP contribution is -2.44. The van der Waals surface area contributed by atoms with E-state index in [1.165, 1.54) is 11.3 Å². The molecule has 0 bridgehead atoms. The number of hydrogen-bond acceptors (Lipinski definition) is 6. The maximum atomic E-state index is 14.3. The molecule has 3 aliphatic heterocycles. The van der Waals surface area contributed by atoms with Gasteiger partial charge < -0.3 is 19.8 Å². The number of carbonyl (C=O) groups excluding carboxylic acids is 1. The number of nitrogens with zero attached hydrogens (tertiary/aromatic N) is 2. The van der Waals surface area contributed by atoms with Gasteiger partial charge in [-0.1, -0.05) is 28.4 Å². The molecule has 0 aliphatic carbocycles. The van der Waals surface area contributed by atoms with E-state index in [-0.39, 0.29) is 11.7 Å². The first kappa shape index (κ1) is 25.6. The van der Waals surface area contributed by atoms with Crippen molar-refractivity contribution in [3.05, 3.63) is 54.4 Å². The Morgan fingerprint density at radius 1 is 1.31 bits per heavy atom. The van der Waals surface area contributed by atoms with Crippen LogP contribution in [0.15, 0.2) is 17.3 Å². The zero-order valence-electron chi connectivity index (χ0n) is 19.0. The second kappa shape index (κ2) is 9.34. The van der Waals surface area contributed by atoms with Gasteiger partial charge in [0.1, 0.15) is 5.84 Å². The summed E-state index contributed by atoms with van der Waals surface area (Å²) >= 11 is 12.9. The molecule has 1 aromatic heterocycles. The number of hydrogen-bond donors (Lipinski definition) is 1. The van der Waals surface area contributed by atoms with Gasteiger partial charge in [-0.3, -0.25) is 4.79 Å². The summed E-state index contributed by atoms with van der Waals surface area (Å²) in [5.41, 5.74) is -1.57. The van der Waals surface area contributed by atoms with E-state index in [4.69, 9.17) is 32.8 Å². The van der Waals surface area contributed by atoms with Gasteiger partial charge in [0.05, 0.1) is 34.5 Å². The number of benzene rings is 1. The van der Waals surface area contributed by atoms with E-state index >= 15 is 0 Å². The van der Waals surface area contributed by atoms with Gasteiger partial charge in [0.2, 0.25) is 0 Å². The Balaban J connectivity index is 1.31. The van der Waals surface area contributed by atoms with Gasteiger partial charge in [-0.05, 0) is 36.6 Å². The molecule has 0 radical (unpaired) electrons. The van der Waals surface area contributed by atoms with Crippen LogP contribution in [0.4, 0.5) is 17.6 Å². The number of alkyl halides is 3. The minimum absolute atomic E-state index is 0.0962. The number of nitrogens with one attached hydrogen (secondary N) is 1. The Morgan fingerprint density at radius 3 is 2.64 bits per heavy atom. The van der Waals surface area contributed by atoms with E-state index in [1.807, 2.05) is 6.92 Å². The smallest absolute Gasteiger partial charge is 0.381 e. The molecule has 2 unspecified atom stereocenters. The quantitative estimate of drug-likeness (QED) is 0.377. The molecule has 0 saturated carbocycles. The maximum Gasteiger partial charge on any atom is 0.435 e. The van der Waals surface area contributed by atoms with Gasteiger partial charge in [-0.25, -0.2) is 4.39 Å². The second-order valence-corrected chi connectivity index (χ2v) is 11.0. The summed E-state index contributed by atoms with van der Waals surface area (Å²) in [5, 5.41) is 5.65. The number of fused-ring (bicyclic) bond motifs is 1.